The molecule has 0 aliphatic rings. The van der Waals surface area contributed by atoms with E-state index in [-0.39, 0.29) is 0 Å². The van der Waals surface area contributed by atoms with Crippen molar-refractivity contribution in [2.24, 2.45) is 0 Å². The van der Waals surface area contributed by atoms with Crippen LogP contribution >= 0.6 is 15.9 Å². The van der Waals surface area contributed by atoms with Crippen molar-refractivity contribution in [1.29, 1.82) is 0 Å². The van der Waals surface area contributed by atoms with Crippen molar-refractivity contribution in [2.45, 2.75) is 6.10 Å². The van der Waals surface area contributed by atoms with Crippen LogP contribution in [0.1, 0.15) is 22.0 Å². The number of halogens is 1. The van der Waals surface area contributed by atoms with Crippen molar-refractivity contribution in [3.8, 4) is 11.5 Å². The van der Waals surface area contributed by atoms with Crippen molar-refractivity contribution in [3.05, 3.63) is 21.7 Å². The van der Waals surface area contributed by atoms with Gasteiger partial charge in [-0.1, -0.05) is 15.9 Å². The first-order chi connectivity index (χ1) is 8.60. The lowest BCUT2D eigenvalue weighted by Gasteiger charge is -2.19. The second-order valence-electron chi connectivity index (χ2n) is 3.62. The minimum Gasteiger partial charge on any atom is -0.492 e. The number of rotatable bonds is 6. The molecule has 1 unspecified atom stereocenters. The molecule has 0 heterocycles. The summed E-state index contributed by atoms with van der Waals surface area (Å²) in [5.74, 6) is 0.678. The van der Waals surface area contributed by atoms with Crippen molar-refractivity contribution in [1.82, 2.24) is 5.32 Å². The predicted octanol–water partition coefficient (Wildman–Crippen LogP) is 1.53. The summed E-state index contributed by atoms with van der Waals surface area (Å²) >= 11 is 3.33. The molecule has 0 spiro atoms. The van der Waals surface area contributed by atoms with Gasteiger partial charge in [0.1, 0.15) is 0 Å². The van der Waals surface area contributed by atoms with Crippen LogP contribution in [0.4, 0.5) is 0 Å². The quantitative estimate of drug-likeness (QED) is 0.779. The van der Waals surface area contributed by atoms with E-state index < -0.39 is 6.10 Å². The van der Waals surface area contributed by atoms with E-state index in [0.717, 1.165) is 0 Å². The van der Waals surface area contributed by atoms with E-state index in [9.17, 15) is 9.90 Å². The summed E-state index contributed by atoms with van der Waals surface area (Å²) < 4.78 is 11.0. The first kappa shape index (κ1) is 14.9. The van der Waals surface area contributed by atoms with Gasteiger partial charge in [0.2, 0.25) is 0 Å². The third-order valence-electron chi connectivity index (χ3n) is 2.52. The van der Waals surface area contributed by atoms with Gasteiger partial charge in [-0.25, -0.2) is 0 Å². The number of carbonyl (C=O) groups excluding carboxylic acids is 1. The number of likely N-dealkylation sites (N-methyl/N-ethyl adjacent to an activating group) is 1. The molecule has 0 aliphatic heterocycles. The van der Waals surface area contributed by atoms with Gasteiger partial charge in [0.05, 0.1) is 25.9 Å². The predicted molar refractivity (Wildman–Crippen MR) is 71.5 cm³/mol. The third-order valence-corrected chi connectivity index (χ3v) is 3.17. The number of ether oxygens (including phenoxy) is 2. The summed E-state index contributed by atoms with van der Waals surface area (Å²) in [6, 6.07) is 1.60. The van der Waals surface area contributed by atoms with Crippen molar-refractivity contribution >= 4 is 22.2 Å². The van der Waals surface area contributed by atoms with Crippen LogP contribution in [0.15, 0.2) is 10.5 Å². The van der Waals surface area contributed by atoms with Gasteiger partial charge in [0.25, 0.3) is 0 Å². The molecular weight excluding hydrogens is 302 g/mol. The molecule has 1 aromatic carbocycles. The molecule has 0 bridgehead atoms. The second kappa shape index (κ2) is 6.72. The van der Waals surface area contributed by atoms with Gasteiger partial charge >= 0.3 is 0 Å². The molecule has 0 aliphatic carbocycles. The standard InChI is InChI=1S/C12H16BrNO4/c1-14-5-9(16)10-8(13)4-7(6-15)11(17-2)12(10)18-3/h4,6,9,14,16H,5H2,1-3H3. The Balaban J connectivity index is 3.45. The first-order valence-electron chi connectivity index (χ1n) is 5.32. The van der Waals surface area contributed by atoms with E-state index in [1.807, 2.05) is 0 Å². The Morgan fingerprint density at radius 1 is 1.44 bits per heavy atom. The van der Waals surface area contributed by atoms with Crippen LogP contribution in [0.2, 0.25) is 0 Å². The summed E-state index contributed by atoms with van der Waals surface area (Å²) in [6.45, 7) is 0.360. The zero-order valence-electron chi connectivity index (χ0n) is 10.5. The molecular formula is C12H16BrNO4. The van der Waals surface area contributed by atoms with Crippen molar-refractivity contribution < 1.29 is 19.4 Å². The molecule has 6 heteroatoms. The SMILES string of the molecule is CNCC(O)c1c(Br)cc(C=O)c(OC)c1OC. The molecule has 100 valence electrons. The van der Waals surface area contributed by atoms with Crippen LogP contribution in [-0.2, 0) is 0 Å². The summed E-state index contributed by atoms with van der Waals surface area (Å²) in [4.78, 5) is 11.0. The molecule has 0 amide bonds. The number of methoxy groups -OCH3 is 2. The normalized spacial score (nSPS) is 12.1. The number of aldehydes is 1. The number of hydrogen-bond donors (Lipinski definition) is 2. The lowest BCUT2D eigenvalue weighted by molar-refractivity contribution is 0.111. The molecule has 1 aromatic rings. The molecule has 2 N–H and O–H groups in total. The highest BCUT2D eigenvalue weighted by Crippen LogP contribution is 2.41. The summed E-state index contributed by atoms with van der Waals surface area (Å²) in [6.07, 6.45) is -0.0886. The van der Waals surface area contributed by atoms with Gasteiger partial charge in [-0.15, -0.1) is 0 Å². The van der Waals surface area contributed by atoms with E-state index in [1.54, 1.807) is 13.1 Å². The van der Waals surface area contributed by atoms with Crippen LogP contribution in [0.25, 0.3) is 0 Å². The van der Waals surface area contributed by atoms with E-state index in [1.165, 1.54) is 14.2 Å². The molecule has 0 radical (unpaired) electrons. The Hall–Kier alpha value is -1.11. The minimum atomic E-state index is -0.770. The second-order valence-corrected chi connectivity index (χ2v) is 4.47. The van der Waals surface area contributed by atoms with Gasteiger partial charge in [-0.3, -0.25) is 4.79 Å². The fourth-order valence-electron chi connectivity index (χ4n) is 1.75. The van der Waals surface area contributed by atoms with E-state index in [4.69, 9.17) is 9.47 Å². The van der Waals surface area contributed by atoms with E-state index in [2.05, 4.69) is 21.2 Å². The van der Waals surface area contributed by atoms with Crippen LogP contribution < -0.4 is 14.8 Å². The van der Waals surface area contributed by atoms with Gasteiger partial charge in [0.15, 0.2) is 17.8 Å². The number of hydrogen-bond acceptors (Lipinski definition) is 5. The molecule has 1 atom stereocenters. The first-order valence-corrected chi connectivity index (χ1v) is 6.12. The fourth-order valence-corrected chi connectivity index (χ4v) is 2.44. The summed E-state index contributed by atoms with van der Waals surface area (Å²) in [5, 5.41) is 13.0. The lowest BCUT2D eigenvalue weighted by atomic mass is 10.0. The van der Waals surface area contributed by atoms with E-state index in [0.29, 0.717) is 39.9 Å². The smallest absolute Gasteiger partial charge is 0.171 e. The Kier molecular flexibility index (Phi) is 5.58. The Morgan fingerprint density at radius 2 is 2.06 bits per heavy atom. The summed E-state index contributed by atoms with van der Waals surface area (Å²) in [7, 11) is 4.65. The van der Waals surface area contributed by atoms with Crippen molar-refractivity contribution in [3.63, 3.8) is 0 Å². The molecule has 5 nitrogen and oxygen atoms in total. The molecule has 0 aromatic heterocycles. The zero-order valence-corrected chi connectivity index (χ0v) is 12.1. The molecule has 0 saturated heterocycles. The number of nitrogens with one attached hydrogen (secondary N) is 1. The Morgan fingerprint density at radius 3 is 2.50 bits per heavy atom. The zero-order chi connectivity index (χ0) is 13.7. The largest absolute Gasteiger partial charge is 0.492 e. The highest BCUT2D eigenvalue weighted by Gasteiger charge is 2.23. The summed E-state index contributed by atoms with van der Waals surface area (Å²) in [5.41, 5.74) is 0.913. The third kappa shape index (κ3) is 2.82. The van der Waals surface area contributed by atoms with Crippen molar-refractivity contribution in [2.75, 3.05) is 27.8 Å². The minimum absolute atomic E-state index is 0.320. The molecule has 0 fully saturated rings. The van der Waals surface area contributed by atoms with Gasteiger partial charge in [-0.05, 0) is 13.1 Å². The van der Waals surface area contributed by atoms with Crippen LogP contribution in [0.3, 0.4) is 0 Å². The Labute approximate surface area is 114 Å². The van der Waals surface area contributed by atoms with Gasteiger partial charge < -0.3 is 19.9 Å². The number of aliphatic hydroxyl groups excluding tert-OH is 1. The lowest BCUT2D eigenvalue weighted by Crippen LogP contribution is -2.18. The maximum atomic E-state index is 11.0. The number of benzene rings is 1. The molecule has 1 rings (SSSR count). The topological polar surface area (TPSA) is 67.8 Å². The number of carbonyl (C=O) groups is 1. The van der Waals surface area contributed by atoms with Crippen LogP contribution in [0.5, 0.6) is 11.5 Å². The van der Waals surface area contributed by atoms with Gasteiger partial charge in [0, 0.05) is 16.6 Å². The monoisotopic (exact) mass is 317 g/mol. The average molecular weight is 318 g/mol. The maximum absolute atomic E-state index is 11.0. The fraction of sp³-hybridized carbons (Fsp3) is 0.417. The van der Waals surface area contributed by atoms with E-state index >= 15 is 0 Å². The molecule has 18 heavy (non-hydrogen) atoms. The number of aliphatic hydroxyl groups is 1. The maximum Gasteiger partial charge on any atom is 0.171 e. The highest BCUT2D eigenvalue weighted by molar-refractivity contribution is 9.10. The van der Waals surface area contributed by atoms with Crippen LogP contribution in [0, 0.1) is 0 Å². The highest BCUT2D eigenvalue weighted by atomic mass is 79.9. The van der Waals surface area contributed by atoms with Crippen LogP contribution in [-0.4, -0.2) is 39.2 Å². The van der Waals surface area contributed by atoms with Gasteiger partial charge in [-0.2, -0.15) is 0 Å². The Bertz CT molecular complexity index is 437. The molecule has 0 saturated carbocycles. The average Bonchev–Trinajstić information content (AvgIpc) is 2.37.